The van der Waals surface area contributed by atoms with Crippen LogP contribution in [0, 0.1) is 16.0 Å². The van der Waals surface area contributed by atoms with Gasteiger partial charge in [-0.15, -0.1) is 11.3 Å². The monoisotopic (exact) mass is 472 g/mol. The highest BCUT2D eigenvalue weighted by atomic mass is 32.1. The van der Waals surface area contributed by atoms with Gasteiger partial charge in [0.15, 0.2) is 5.13 Å². The lowest BCUT2D eigenvalue weighted by atomic mass is 9.99. The molecule has 4 aromatic rings. The molecule has 1 atom stereocenters. The molecule has 1 aliphatic heterocycles. The number of fused-ring (bicyclic) bond motifs is 1. The molecule has 5 rings (SSSR count). The molecular formula is C26H24N4O3S. The Bertz CT molecular complexity index is 1380. The number of nitro groups is 1. The number of hydrogen-bond acceptors (Lipinski definition) is 6. The first-order valence-corrected chi connectivity index (χ1v) is 12.2. The van der Waals surface area contributed by atoms with E-state index in [9.17, 15) is 14.9 Å². The third-order valence-electron chi connectivity index (χ3n) is 6.20. The summed E-state index contributed by atoms with van der Waals surface area (Å²) in [5.74, 6) is 0.0686. The van der Waals surface area contributed by atoms with Gasteiger partial charge in [0.25, 0.3) is 11.6 Å². The SMILES string of the molecule is CC1CCCN(c2ccc(C(=O)Nc3nc(-c4ccc5ccccc5c4)cs3)cc2[N+](=O)[O-])C1. The molecule has 34 heavy (non-hydrogen) atoms. The summed E-state index contributed by atoms with van der Waals surface area (Å²) < 4.78 is 0. The lowest BCUT2D eigenvalue weighted by Crippen LogP contribution is -2.34. The highest BCUT2D eigenvalue weighted by molar-refractivity contribution is 7.14. The molecule has 0 bridgehead atoms. The first-order chi connectivity index (χ1) is 16.5. The second-order valence-corrected chi connectivity index (χ2v) is 9.57. The van der Waals surface area contributed by atoms with Gasteiger partial charge in [-0.3, -0.25) is 20.2 Å². The van der Waals surface area contributed by atoms with Crippen molar-refractivity contribution >= 4 is 44.5 Å². The molecule has 1 aliphatic rings. The van der Waals surface area contributed by atoms with Gasteiger partial charge in [0.05, 0.1) is 10.6 Å². The van der Waals surface area contributed by atoms with Gasteiger partial charge in [-0.25, -0.2) is 4.98 Å². The number of thiazole rings is 1. The zero-order valence-corrected chi connectivity index (χ0v) is 19.5. The molecule has 1 saturated heterocycles. The Morgan fingerprint density at radius 3 is 2.76 bits per heavy atom. The molecule has 172 valence electrons. The van der Waals surface area contributed by atoms with Crippen LogP contribution >= 0.6 is 11.3 Å². The molecule has 0 spiro atoms. The van der Waals surface area contributed by atoms with E-state index in [4.69, 9.17) is 0 Å². The lowest BCUT2D eigenvalue weighted by molar-refractivity contribution is -0.384. The predicted molar refractivity (Wildman–Crippen MR) is 137 cm³/mol. The van der Waals surface area contributed by atoms with Crippen LogP contribution in [-0.4, -0.2) is 28.9 Å². The third-order valence-corrected chi connectivity index (χ3v) is 6.96. The number of piperidine rings is 1. The summed E-state index contributed by atoms with van der Waals surface area (Å²) in [5, 5.41) is 19.2. The largest absolute Gasteiger partial charge is 0.366 e. The second-order valence-electron chi connectivity index (χ2n) is 8.71. The molecule has 8 heteroatoms. The minimum absolute atomic E-state index is 0.0438. The van der Waals surface area contributed by atoms with E-state index in [0.717, 1.165) is 48.0 Å². The summed E-state index contributed by atoms with van der Waals surface area (Å²) in [7, 11) is 0. The van der Waals surface area contributed by atoms with Gasteiger partial charge in [0.2, 0.25) is 0 Å². The van der Waals surface area contributed by atoms with Crippen molar-refractivity contribution in [3.05, 3.63) is 81.7 Å². The van der Waals surface area contributed by atoms with Gasteiger partial charge in [-0.2, -0.15) is 0 Å². The Hall–Kier alpha value is -3.78. The normalized spacial score (nSPS) is 15.9. The first-order valence-electron chi connectivity index (χ1n) is 11.3. The third kappa shape index (κ3) is 4.49. The number of amides is 1. The highest BCUT2D eigenvalue weighted by Gasteiger charge is 2.25. The topological polar surface area (TPSA) is 88.4 Å². The molecule has 1 amide bonds. The van der Waals surface area contributed by atoms with Crippen LogP contribution in [-0.2, 0) is 0 Å². The molecule has 2 heterocycles. The zero-order chi connectivity index (χ0) is 23.7. The standard InChI is InChI=1S/C26H24N4O3S/c1-17-5-4-12-29(15-17)23-11-10-21(14-24(23)30(32)33)25(31)28-26-27-22(16-34-26)20-9-8-18-6-2-3-7-19(18)13-20/h2-3,6-11,13-14,16-17H,4-5,12,15H2,1H3,(H,27,28,31). The quantitative estimate of drug-likeness (QED) is 0.270. The van der Waals surface area contributed by atoms with Gasteiger partial charge in [0.1, 0.15) is 5.69 Å². The van der Waals surface area contributed by atoms with Gasteiger partial charge in [-0.1, -0.05) is 43.3 Å². The molecule has 0 saturated carbocycles. The van der Waals surface area contributed by atoms with Crippen molar-refractivity contribution < 1.29 is 9.72 Å². The highest BCUT2D eigenvalue weighted by Crippen LogP contribution is 2.33. The van der Waals surface area contributed by atoms with Crippen molar-refractivity contribution in [1.29, 1.82) is 0 Å². The Labute approximate surface area is 201 Å². The average molecular weight is 473 g/mol. The van der Waals surface area contributed by atoms with Crippen LogP contribution in [0.5, 0.6) is 0 Å². The van der Waals surface area contributed by atoms with Crippen molar-refractivity contribution in [1.82, 2.24) is 4.98 Å². The minimum atomic E-state index is -0.416. The summed E-state index contributed by atoms with van der Waals surface area (Å²) in [4.78, 5) is 30.8. The number of hydrogen-bond donors (Lipinski definition) is 1. The number of rotatable bonds is 5. The number of nitrogens with one attached hydrogen (secondary N) is 1. The van der Waals surface area contributed by atoms with Gasteiger partial charge >= 0.3 is 0 Å². The molecule has 1 N–H and O–H groups in total. The van der Waals surface area contributed by atoms with E-state index in [1.54, 1.807) is 12.1 Å². The second kappa shape index (κ2) is 9.23. The molecule has 3 aromatic carbocycles. The fourth-order valence-corrected chi connectivity index (χ4v) is 5.18. The fourth-order valence-electron chi connectivity index (χ4n) is 4.47. The molecule has 1 aromatic heterocycles. The van der Waals surface area contributed by atoms with Crippen molar-refractivity contribution in [2.45, 2.75) is 19.8 Å². The smallest absolute Gasteiger partial charge is 0.293 e. The van der Waals surface area contributed by atoms with Crippen molar-refractivity contribution in [2.24, 2.45) is 5.92 Å². The van der Waals surface area contributed by atoms with Crippen LogP contribution in [0.15, 0.2) is 66.0 Å². The van der Waals surface area contributed by atoms with E-state index < -0.39 is 10.8 Å². The molecule has 1 unspecified atom stereocenters. The van der Waals surface area contributed by atoms with Gasteiger partial charge in [-0.05, 0) is 47.7 Å². The van der Waals surface area contributed by atoms with Crippen molar-refractivity contribution in [2.75, 3.05) is 23.3 Å². The minimum Gasteiger partial charge on any atom is -0.366 e. The number of carbonyl (C=O) groups is 1. The van der Waals surface area contributed by atoms with E-state index in [0.29, 0.717) is 16.7 Å². The Balaban J connectivity index is 1.35. The summed E-state index contributed by atoms with van der Waals surface area (Å²) in [5.41, 5.74) is 2.50. The average Bonchev–Trinajstić information content (AvgIpc) is 3.31. The maximum Gasteiger partial charge on any atom is 0.293 e. The molecular weight excluding hydrogens is 448 g/mol. The zero-order valence-electron chi connectivity index (χ0n) is 18.7. The molecule has 1 fully saturated rings. The van der Waals surface area contributed by atoms with Crippen molar-refractivity contribution in [3.8, 4) is 11.3 Å². The number of nitrogens with zero attached hydrogens (tertiary/aromatic N) is 3. The number of carbonyl (C=O) groups excluding carboxylic acids is 1. The Morgan fingerprint density at radius 1 is 1.15 bits per heavy atom. The summed E-state index contributed by atoms with van der Waals surface area (Å²) in [6.45, 7) is 3.72. The van der Waals surface area contributed by atoms with Crippen LogP contribution in [0.2, 0.25) is 0 Å². The Kier molecular flexibility index (Phi) is 5.98. The van der Waals surface area contributed by atoms with Gasteiger partial charge in [0, 0.05) is 35.7 Å². The van der Waals surface area contributed by atoms with Crippen LogP contribution in [0.1, 0.15) is 30.1 Å². The van der Waals surface area contributed by atoms with Gasteiger partial charge < -0.3 is 4.90 Å². The van der Waals surface area contributed by atoms with E-state index in [2.05, 4.69) is 35.4 Å². The summed E-state index contributed by atoms with van der Waals surface area (Å²) in [6.07, 6.45) is 2.13. The maximum absolute atomic E-state index is 12.9. The van der Waals surface area contributed by atoms with Crippen LogP contribution in [0.3, 0.4) is 0 Å². The number of benzene rings is 3. The molecule has 0 aliphatic carbocycles. The number of anilines is 2. The first kappa shape index (κ1) is 22.0. The van der Waals surface area contributed by atoms with Crippen molar-refractivity contribution in [3.63, 3.8) is 0 Å². The number of nitro benzene ring substituents is 1. The van der Waals surface area contributed by atoms with Crippen LogP contribution in [0.25, 0.3) is 22.0 Å². The fraction of sp³-hybridized carbons (Fsp3) is 0.231. The van der Waals surface area contributed by atoms with Crippen LogP contribution < -0.4 is 10.2 Å². The van der Waals surface area contributed by atoms with E-state index in [1.165, 1.54) is 17.4 Å². The van der Waals surface area contributed by atoms with Crippen LogP contribution in [0.4, 0.5) is 16.5 Å². The maximum atomic E-state index is 12.9. The Morgan fingerprint density at radius 2 is 1.97 bits per heavy atom. The predicted octanol–water partition coefficient (Wildman–Crippen LogP) is 6.36. The summed E-state index contributed by atoms with van der Waals surface area (Å²) in [6, 6.07) is 18.9. The molecule has 7 nitrogen and oxygen atoms in total. The van der Waals surface area contributed by atoms with E-state index in [1.807, 2.05) is 34.5 Å². The van der Waals surface area contributed by atoms with E-state index >= 15 is 0 Å². The van der Waals surface area contributed by atoms with E-state index in [-0.39, 0.29) is 11.3 Å². The summed E-state index contributed by atoms with van der Waals surface area (Å²) >= 11 is 1.32. The number of aromatic nitrogens is 1. The molecule has 0 radical (unpaired) electrons. The lowest BCUT2D eigenvalue weighted by Gasteiger charge is -2.32.